The largest absolute Gasteiger partial charge is 0.0622 e. The van der Waals surface area contributed by atoms with E-state index in [0.717, 1.165) is 0 Å². The second-order valence-electron chi connectivity index (χ2n) is 3.87. The maximum absolute atomic E-state index is 4.21. The van der Waals surface area contributed by atoms with Crippen LogP contribution in [0.2, 0.25) is 0 Å². The molecule has 0 nitrogen and oxygen atoms in total. The molecule has 2 aromatic carbocycles. The van der Waals surface area contributed by atoms with Crippen LogP contribution in [0.1, 0.15) is 22.6 Å². The van der Waals surface area contributed by atoms with Gasteiger partial charge in [-0.3, -0.25) is 0 Å². The molecule has 0 N–H and O–H groups in total. The SMILES string of the molecule is [CH2]C(c1ccccc1)c1ccc(C)cc1. The topological polar surface area (TPSA) is 0 Å². The monoisotopic (exact) mass is 195 g/mol. The van der Waals surface area contributed by atoms with Gasteiger partial charge >= 0.3 is 0 Å². The van der Waals surface area contributed by atoms with Crippen molar-refractivity contribution in [1.82, 2.24) is 0 Å². The Morgan fingerprint density at radius 3 is 1.93 bits per heavy atom. The Labute approximate surface area is 91.6 Å². The van der Waals surface area contributed by atoms with Crippen LogP contribution in [0.25, 0.3) is 0 Å². The van der Waals surface area contributed by atoms with E-state index in [9.17, 15) is 0 Å². The molecule has 1 radical (unpaired) electrons. The lowest BCUT2D eigenvalue weighted by atomic mass is 9.93. The van der Waals surface area contributed by atoms with Crippen LogP contribution in [0.3, 0.4) is 0 Å². The predicted octanol–water partition coefficient (Wildman–Crippen LogP) is 3.96. The van der Waals surface area contributed by atoms with Crippen molar-refractivity contribution in [2.75, 3.05) is 0 Å². The molecule has 0 aliphatic heterocycles. The Bertz CT molecular complexity index is 412. The number of benzene rings is 2. The summed E-state index contributed by atoms with van der Waals surface area (Å²) in [5.74, 6) is 0.229. The van der Waals surface area contributed by atoms with Crippen molar-refractivity contribution in [3.8, 4) is 0 Å². The molecule has 0 spiro atoms. The molecule has 2 rings (SSSR count). The summed E-state index contributed by atoms with van der Waals surface area (Å²) < 4.78 is 0. The van der Waals surface area contributed by atoms with Crippen LogP contribution in [-0.2, 0) is 0 Å². The molecule has 15 heavy (non-hydrogen) atoms. The number of rotatable bonds is 2. The number of hydrogen-bond donors (Lipinski definition) is 0. The molecule has 1 atom stereocenters. The minimum Gasteiger partial charge on any atom is -0.0622 e. The van der Waals surface area contributed by atoms with E-state index in [1.54, 1.807) is 0 Å². The van der Waals surface area contributed by atoms with Crippen LogP contribution in [-0.4, -0.2) is 0 Å². The lowest BCUT2D eigenvalue weighted by molar-refractivity contribution is 1.02. The van der Waals surface area contributed by atoms with Gasteiger partial charge in [-0.25, -0.2) is 0 Å². The molecule has 0 bridgehead atoms. The number of aryl methyl sites for hydroxylation is 1. The standard InChI is InChI=1S/C15H15/c1-12-8-10-15(11-9-12)13(2)14-6-4-3-5-7-14/h3-11,13H,2H2,1H3. The molecular formula is C15H15. The van der Waals surface area contributed by atoms with Crippen LogP contribution in [0.15, 0.2) is 54.6 Å². The van der Waals surface area contributed by atoms with Gasteiger partial charge in [0.15, 0.2) is 0 Å². The minimum absolute atomic E-state index is 0.229. The van der Waals surface area contributed by atoms with Gasteiger partial charge in [0.2, 0.25) is 0 Å². The first-order valence-corrected chi connectivity index (χ1v) is 5.22. The highest BCUT2D eigenvalue weighted by atomic mass is 14.1. The highest BCUT2D eigenvalue weighted by molar-refractivity contribution is 5.34. The lowest BCUT2D eigenvalue weighted by Crippen LogP contribution is -1.95. The van der Waals surface area contributed by atoms with Crippen LogP contribution in [0.4, 0.5) is 0 Å². The second kappa shape index (κ2) is 4.31. The molecule has 0 heteroatoms. The Hall–Kier alpha value is -1.56. The molecular weight excluding hydrogens is 180 g/mol. The molecule has 75 valence electrons. The van der Waals surface area contributed by atoms with Crippen LogP contribution in [0, 0.1) is 13.8 Å². The first-order chi connectivity index (χ1) is 7.27. The molecule has 0 fully saturated rings. The van der Waals surface area contributed by atoms with Gasteiger partial charge in [-0.2, -0.15) is 0 Å². The van der Waals surface area contributed by atoms with Gasteiger partial charge in [-0.15, -0.1) is 0 Å². The molecule has 1 unspecified atom stereocenters. The number of hydrogen-bond acceptors (Lipinski definition) is 0. The molecule has 0 saturated heterocycles. The van der Waals surface area contributed by atoms with Crippen molar-refractivity contribution in [2.45, 2.75) is 12.8 Å². The normalized spacial score (nSPS) is 12.4. The average Bonchev–Trinajstić information content (AvgIpc) is 2.30. The first-order valence-electron chi connectivity index (χ1n) is 5.22. The first kappa shape index (κ1) is 9.97. The maximum atomic E-state index is 4.21. The van der Waals surface area contributed by atoms with Crippen molar-refractivity contribution in [3.63, 3.8) is 0 Å². The molecule has 2 aromatic rings. The quantitative estimate of drug-likeness (QED) is 0.680. The Kier molecular flexibility index (Phi) is 2.86. The fourth-order valence-corrected chi connectivity index (χ4v) is 1.68. The van der Waals surface area contributed by atoms with Gasteiger partial charge in [0.25, 0.3) is 0 Å². The van der Waals surface area contributed by atoms with E-state index in [-0.39, 0.29) is 5.92 Å². The van der Waals surface area contributed by atoms with Crippen LogP contribution in [0.5, 0.6) is 0 Å². The fourth-order valence-electron chi connectivity index (χ4n) is 1.68. The summed E-state index contributed by atoms with van der Waals surface area (Å²) in [6, 6.07) is 19.0. The summed E-state index contributed by atoms with van der Waals surface area (Å²) >= 11 is 0. The van der Waals surface area contributed by atoms with Crippen molar-refractivity contribution < 1.29 is 0 Å². The predicted molar refractivity (Wildman–Crippen MR) is 64.8 cm³/mol. The zero-order chi connectivity index (χ0) is 10.7. The zero-order valence-corrected chi connectivity index (χ0v) is 8.98. The highest BCUT2D eigenvalue weighted by Gasteiger charge is 2.06. The fraction of sp³-hybridized carbons (Fsp3) is 0.133. The molecule has 0 amide bonds. The van der Waals surface area contributed by atoms with E-state index < -0.39 is 0 Å². The smallest absolute Gasteiger partial charge is 0.00896 e. The third kappa shape index (κ3) is 2.27. The second-order valence-corrected chi connectivity index (χ2v) is 3.87. The van der Waals surface area contributed by atoms with E-state index in [4.69, 9.17) is 0 Å². The third-order valence-corrected chi connectivity index (χ3v) is 2.68. The van der Waals surface area contributed by atoms with Crippen molar-refractivity contribution >= 4 is 0 Å². The molecule has 0 aromatic heterocycles. The van der Waals surface area contributed by atoms with Crippen molar-refractivity contribution in [1.29, 1.82) is 0 Å². The van der Waals surface area contributed by atoms with Crippen molar-refractivity contribution in [2.24, 2.45) is 0 Å². The van der Waals surface area contributed by atoms with Gasteiger partial charge in [0, 0.05) is 5.92 Å². The Morgan fingerprint density at radius 2 is 1.33 bits per heavy atom. The van der Waals surface area contributed by atoms with E-state index in [1.165, 1.54) is 16.7 Å². The van der Waals surface area contributed by atoms with Crippen LogP contribution >= 0.6 is 0 Å². The highest BCUT2D eigenvalue weighted by Crippen LogP contribution is 2.23. The van der Waals surface area contributed by atoms with Gasteiger partial charge < -0.3 is 0 Å². The summed E-state index contributed by atoms with van der Waals surface area (Å²) in [7, 11) is 0. The van der Waals surface area contributed by atoms with Gasteiger partial charge in [0.05, 0.1) is 0 Å². The lowest BCUT2D eigenvalue weighted by Gasteiger charge is -2.12. The van der Waals surface area contributed by atoms with Gasteiger partial charge in [-0.1, -0.05) is 60.2 Å². The van der Waals surface area contributed by atoms with Crippen molar-refractivity contribution in [3.05, 3.63) is 78.2 Å². The minimum atomic E-state index is 0.229. The molecule has 0 saturated carbocycles. The van der Waals surface area contributed by atoms with Crippen LogP contribution < -0.4 is 0 Å². The summed E-state index contributed by atoms with van der Waals surface area (Å²) in [6.07, 6.45) is 0. The summed E-state index contributed by atoms with van der Waals surface area (Å²) in [5.41, 5.74) is 3.83. The molecule has 0 aliphatic rings. The maximum Gasteiger partial charge on any atom is 0.00896 e. The Morgan fingerprint density at radius 1 is 0.800 bits per heavy atom. The average molecular weight is 195 g/mol. The van der Waals surface area contributed by atoms with E-state index in [0.29, 0.717) is 0 Å². The summed E-state index contributed by atoms with van der Waals surface area (Å²) in [4.78, 5) is 0. The molecule has 0 aliphatic carbocycles. The van der Waals surface area contributed by atoms with E-state index in [1.807, 2.05) is 6.07 Å². The van der Waals surface area contributed by atoms with Gasteiger partial charge in [-0.05, 0) is 25.0 Å². The van der Waals surface area contributed by atoms with E-state index >= 15 is 0 Å². The third-order valence-electron chi connectivity index (χ3n) is 2.68. The summed E-state index contributed by atoms with van der Waals surface area (Å²) in [6.45, 7) is 6.31. The Balaban J connectivity index is 2.29. The van der Waals surface area contributed by atoms with Gasteiger partial charge in [0.1, 0.15) is 0 Å². The molecule has 0 heterocycles. The van der Waals surface area contributed by atoms with E-state index in [2.05, 4.69) is 62.4 Å². The zero-order valence-electron chi connectivity index (χ0n) is 8.98. The summed E-state index contributed by atoms with van der Waals surface area (Å²) in [5, 5.41) is 0.